The Balaban J connectivity index is 2.74. The van der Waals surface area contributed by atoms with Crippen LogP contribution >= 0.6 is 0 Å². The van der Waals surface area contributed by atoms with Crippen molar-refractivity contribution in [2.45, 2.75) is 39.9 Å². The fourth-order valence-electron chi connectivity index (χ4n) is 1.21. The van der Waals surface area contributed by atoms with Gasteiger partial charge in [-0.2, -0.15) is 0 Å². The maximum Gasteiger partial charge on any atom is 0.268 e. The highest BCUT2D eigenvalue weighted by atomic mass is 16.5. The number of nitrogen functional groups attached to an aromatic ring is 1. The van der Waals surface area contributed by atoms with Gasteiger partial charge in [0.25, 0.3) is 5.91 Å². The molecule has 3 N–H and O–H groups in total. The van der Waals surface area contributed by atoms with Crippen LogP contribution < -0.4 is 11.3 Å². The van der Waals surface area contributed by atoms with Crippen LogP contribution in [0.15, 0.2) is 10.5 Å². The summed E-state index contributed by atoms with van der Waals surface area (Å²) in [7, 11) is 0. The molecule has 16 heavy (non-hydrogen) atoms. The van der Waals surface area contributed by atoms with Crippen LogP contribution in [-0.2, 0) is 11.3 Å². The van der Waals surface area contributed by atoms with Crippen molar-refractivity contribution in [1.29, 1.82) is 0 Å². The zero-order valence-corrected chi connectivity index (χ0v) is 10.1. The maximum atomic E-state index is 11.3. The van der Waals surface area contributed by atoms with E-state index >= 15 is 0 Å². The standard InChI is InChI=1S/C11H18N2O3/c1-7-9(10(14)13-12)5-8(16-7)6-15-11(2,3)4/h5H,6,12H2,1-4H3,(H,13,14). The highest BCUT2D eigenvalue weighted by Crippen LogP contribution is 2.18. The Labute approximate surface area is 94.9 Å². The Morgan fingerprint density at radius 1 is 1.56 bits per heavy atom. The number of furan rings is 1. The lowest BCUT2D eigenvalue weighted by Gasteiger charge is -2.18. The summed E-state index contributed by atoms with van der Waals surface area (Å²) in [5.41, 5.74) is 2.27. The van der Waals surface area contributed by atoms with Gasteiger partial charge in [-0.05, 0) is 33.8 Å². The predicted octanol–water partition coefficient (Wildman–Crippen LogP) is 1.51. The summed E-state index contributed by atoms with van der Waals surface area (Å²) >= 11 is 0. The molecule has 1 aromatic heterocycles. The molecule has 0 saturated carbocycles. The van der Waals surface area contributed by atoms with Gasteiger partial charge in [0.05, 0.1) is 11.2 Å². The van der Waals surface area contributed by atoms with Crippen LogP contribution in [0.2, 0.25) is 0 Å². The third-order valence-electron chi connectivity index (χ3n) is 1.99. The van der Waals surface area contributed by atoms with Crippen molar-refractivity contribution in [3.63, 3.8) is 0 Å². The Bertz CT molecular complexity index is 377. The lowest BCUT2D eigenvalue weighted by Crippen LogP contribution is -2.30. The summed E-state index contributed by atoms with van der Waals surface area (Å²) in [6, 6.07) is 1.64. The summed E-state index contributed by atoms with van der Waals surface area (Å²) in [6.45, 7) is 7.91. The molecule has 1 aromatic rings. The Hall–Kier alpha value is -1.33. The predicted molar refractivity (Wildman–Crippen MR) is 59.6 cm³/mol. The summed E-state index contributed by atoms with van der Waals surface area (Å²) in [6.07, 6.45) is 0. The fourth-order valence-corrected chi connectivity index (χ4v) is 1.21. The molecule has 0 saturated heterocycles. The molecule has 90 valence electrons. The topological polar surface area (TPSA) is 77.5 Å². The van der Waals surface area contributed by atoms with Crippen LogP contribution in [-0.4, -0.2) is 11.5 Å². The number of amides is 1. The molecule has 0 aliphatic heterocycles. The number of nitrogens with one attached hydrogen (secondary N) is 1. The molecule has 0 atom stereocenters. The van der Waals surface area contributed by atoms with E-state index in [9.17, 15) is 4.79 Å². The lowest BCUT2D eigenvalue weighted by molar-refractivity contribution is -0.0226. The van der Waals surface area contributed by atoms with Gasteiger partial charge >= 0.3 is 0 Å². The maximum absolute atomic E-state index is 11.3. The van der Waals surface area contributed by atoms with Crippen LogP contribution in [0.25, 0.3) is 0 Å². The van der Waals surface area contributed by atoms with Crippen LogP contribution in [0.5, 0.6) is 0 Å². The first-order valence-corrected chi connectivity index (χ1v) is 5.07. The number of nitrogens with two attached hydrogens (primary N) is 1. The first-order valence-electron chi connectivity index (χ1n) is 5.07. The molecule has 0 radical (unpaired) electrons. The molecule has 0 spiro atoms. The van der Waals surface area contributed by atoms with E-state index in [1.54, 1.807) is 13.0 Å². The van der Waals surface area contributed by atoms with E-state index in [4.69, 9.17) is 15.0 Å². The Morgan fingerprint density at radius 2 is 2.19 bits per heavy atom. The molecule has 0 bridgehead atoms. The van der Waals surface area contributed by atoms with Gasteiger partial charge in [0.1, 0.15) is 18.1 Å². The van der Waals surface area contributed by atoms with Crippen molar-refractivity contribution in [2.75, 3.05) is 0 Å². The second-order valence-electron chi connectivity index (χ2n) is 4.56. The van der Waals surface area contributed by atoms with Gasteiger partial charge in [-0.25, -0.2) is 5.84 Å². The molecule has 0 fully saturated rings. The third-order valence-corrected chi connectivity index (χ3v) is 1.99. The van der Waals surface area contributed by atoms with Gasteiger partial charge in [-0.3, -0.25) is 10.2 Å². The quantitative estimate of drug-likeness (QED) is 0.465. The van der Waals surface area contributed by atoms with Gasteiger partial charge in [-0.1, -0.05) is 0 Å². The van der Waals surface area contributed by atoms with Crippen molar-refractivity contribution >= 4 is 5.91 Å². The van der Waals surface area contributed by atoms with E-state index in [-0.39, 0.29) is 11.5 Å². The molecule has 0 unspecified atom stereocenters. The van der Waals surface area contributed by atoms with Crippen LogP contribution in [0.3, 0.4) is 0 Å². The molecule has 0 aliphatic carbocycles. The number of rotatable bonds is 3. The number of carbonyl (C=O) groups is 1. The molecule has 5 nitrogen and oxygen atoms in total. The Morgan fingerprint density at radius 3 is 2.69 bits per heavy atom. The highest BCUT2D eigenvalue weighted by Gasteiger charge is 2.16. The second-order valence-corrected chi connectivity index (χ2v) is 4.56. The van der Waals surface area contributed by atoms with Crippen molar-refractivity contribution in [3.8, 4) is 0 Å². The number of carbonyl (C=O) groups excluding carboxylic acids is 1. The minimum atomic E-state index is -0.358. The summed E-state index contributed by atoms with van der Waals surface area (Å²) in [4.78, 5) is 11.3. The van der Waals surface area contributed by atoms with E-state index < -0.39 is 0 Å². The molecular formula is C11H18N2O3. The van der Waals surface area contributed by atoms with E-state index in [2.05, 4.69) is 5.43 Å². The lowest BCUT2D eigenvalue weighted by atomic mass is 10.2. The van der Waals surface area contributed by atoms with E-state index in [0.717, 1.165) is 0 Å². The second kappa shape index (κ2) is 4.67. The number of hydrogen-bond donors (Lipinski definition) is 2. The van der Waals surface area contributed by atoms with Gasteiger partial charge < -0.3 is 9.15 Å². The summed E-state index contributed by atoms with van der Waals surface area (Å²) in [5, 5.41) is 0. The molecule has 1 rings (SSSR count). The van der Waals surface area contributed by atoms with Gasteiger partial charge in [0, 0.05) is 0 Å². The normalized spacial score (nSPS) is 11.6. The van der Waals surface area contributed by atoms with E-state index in [1.807, 2.05) is 20.8 Å². The molecule has 5 heteroatoms. The van der Waals surface area contributed by atoms with Gasteiger partial charge in [-0.15, -0.1) is 0 Å². The van der Waals surface area contributed by atoms with E-state index in [0.29, 0.717) is 23.7 Å². The summed E-state index contributed by atoms with van der Waals surface area (Å²) < 4.78 is 10.9. The average Bonchev–Trinajstić information content (AvgIpc) is 2.55. The SMILES string of the molecule is Cc1oc(COC(C)(C)C)cc1C(=O)NN. The first kappa shape index (κ1) is 12.7. The van der Waals surface area contributed by atoms with Gasteiger partial charge in [0.2, 0.25) is 0 Å². The van der Waals surface area contributed by atoms with Gasteiger partial charge in [0.15, 0.2) is 0 Å². The molecule has 1 amide bonds. The molecule has 0 aromatic carbocycles. The summed E-state index contributed by atoms with van der Waals surface area (Å²) in [5.74, 6) is 5.85. The van der Waals surface area contributed by atoms with Crippen molar-refractivity contribution < 1.29 is 13.9 Å². The van der Waals surface area contributed by atoms with Crippen molar-refractivity contribution in [1.82, 2.24) is 5.43 Å². The average molecular weight is 226 g/mol. The smallest absolute Gasteiger partial charge is 0.268 e. The molecule has 0 aliphatic rings. The monoisotopic (exact) mass is 226 g/mol. The first-order chi connectivity index (χ1) is 7.33. The van der Waals surface area contributed by atoms with Crippen molar-refractivity contribution in [3.05, 3.63) is 23.2 Å². The number of hydrazine groups is 1. The zero-order valence-electron chi connectivity index (χ0n) is 10.1. The van der Waals surface area contributed by atoms with Crippen LogP contribution in [0.1, 0.15) is 42.6 Å². The number of hydrogen-bond acceptors (Lipinski definition) is 4. The van der Waals surface area contributed by atoms with Crippen LogP contribution in [0, 0.1) is 6.92 Å². The Kier molecular flexibility index (Phi) is 3.72. The third kappa shape index (κ3) is 3.36. The van der Waals surface area contributed by atoms with E-state index in [1.165, 1.54) is 0 Å². The molecular weight excluding hydrogens is 208 g/mol. The van der Waals surface area contributed by atoms with Crippen molar-refractivity contribution in [2.24, 2.45) is 5.84 Å². The number of aryl methyl sites for hydroxylation is 1. The molecule has 1 heterocycles. The highest BCUT2D eigenvalue weighted by molar-refractivity contribution is 5.94. The van der Waals surface area contributed by atoms with Crippen LogP contribution in [0.4, 0.5) is 0 Å². The minimum Gasteiger partial charge on any atom is -0.463 e. The largest absolute Gasteiger partial charge is 0.463 e. The fraction of sp³-hybridized carbons (Fsp3) is 0.545. The minimum absolute atomic E-state index is 0.239. The number of ether oxygens (including phenoxy) is 1. The zero-order chi connectivity index (χ0) is 12.3.